The molecule has 1 N–H and O–H groups in total. The van der Waals surface area contributed by atoms with Gasteiger partial charge in [0.15, 0.2) is 0 Å². The van der Waals surface area contributed by atoms with Gasteiger partial charge in [-0.2, -0.15) is 0 Å². The van der Waals surface area contributed by atoms with Crippen molar-refractivity contribution in [1.29, 1.82) is 0 Å². The monoisotopic (exact) mass is 290 g/mol. The van der Waals surface area contributed by atoms with Crippen molar-refractivity contribution >= 4 is 5.97 Å². The van der Waals surface area contributed by atoms with E-state index < -0.39 is 11.4 Å². The van der Waals surface area contributed by atoms with Crippen LogP contribution in [0.3, 0.4) is 0 Å². The summed E-state index contributed by atoms with van der Waals surface area (Å²) in [7, 11) is 0. The summed E-state index contributed by atoms with van der Waals surface area (Å²) in [6.45, 7) is 11.9. The first-order valence-corrected chi connectivity index (χ1v) is 7.29. The molecule has 0 aromatic heterocycles. The Morgan fingerprint density at radius 3 is 2.57 bits per heavy atom. The lowest BCUT2D eigenvalue weighted by atomic mass is 9.78. The Labute approximate surface area is 127 Å². The zero-order chi connectivity index (χ0) is 16.1. The zero-order valence-corrected chi connectivity index (χ0v) is 13.5. The molecule has 0 radical (unpaired) electrons. The third-order valence-electron chi connectivity index (χ3n) is 3.91. The fourth-order valence-electron chi connectivity index (χ4n) is 2.18. The van der Waals surface area contributed by atoms with Gasteiger partial charge in [-0.25, -0.2) is 0 Å². The van der Waals surface area contributed by atoms with Crippen LogP contribution in [0.1, 0.15) is 44.7 Å². The Hall–Kier alpha value is -1.61. The first-order valence-electron chi connectivity index (χ1n) is 7.29. The summed E-state index contributed by atoms with van der Waals surface area (Å²) in [6, 6.07) is 7.71. The van der Waals surface area contributed by atoms with E-state index in [1.165, 1.54) is 0 Å². The predicted octanol–water partition coefficient (Wildman–Crippen LogP) is 4.10. The molecule has 1 aromatic rings. The third kappa shape index (κ3) is 4.71. The van der Waals surface area contributed by atoms with Crippen LogP contribution in [0.2, 0.25) is 0 Å². The second-order valence-electron chi connectivity index (χ2n) is 6.27. The van der Waals surface area contributed by atoms with Crippen LogP contribution in [-0.4, -0.2) is 23.3 Å². The number of rotatable bonds is 8. The van der Waals surface area contributed by atoms with Crippen molar-refractivity contribution < 1.29 is 14.6 Å². The molecule has 0 fully saturated rings. The van der Waals surface area contributed by atoms with E-state index in [1.54, 1.807) is 13.0 Å². The number of aryl methyl sites for hydroxylation is 1. The summed E-state index contributed by atoms with van der Waals surface area (Å²) in [6.07, 6.45) is 2.98. The maximum absolute atomic E-state index is 11.7. The van der Waals surface area contributed by atoms with E-state index in [1.807, 2.05) is 45.0 Å². The highest BCUT2D eigenvalue weighted by molar-refractivity contribution is 5.80. The second-order valence-corrected chi connectivity index (χ2v) is 6.27. The van der Waals surface area contributed by atoms with Gasteiger partial charge < -0.3 is 9.84 Å². The molecule has 116 valence electrons. The molecule has 0 amide bonds. The number of hydrogen-bond donors (Lipinski definition) is 1. The molecule has 0 spiro atoms. The minimum atomic E-state index is -0.881. The van der Waals surface area contributed by atoms with Crippen LogP contribution in [0.5, 0.6) is 0 Å². The van der Waals surface area contributed by atoms with E-state index in [-0.39, 0.29) is 5.60 Å². The minimum Gasteiger partial charge on any atom is -0.481 e. The molecule has 3 heteroatoms. The average molecular weight is 290 g/mol. The fraction of sp³-hybridized carbons (Fsp3) is 0.500. The summed E-state index contributed by atoms with van der Waals surface area (Å²) in [5.74, 6) is -0.795. The minimum absolute atomic E-state index is 0.372. The molecular weight excluding hydrogens is 264 g/mol. The molecule has 0 bridgehead atoms. The van der Waals surface area contributed by atoms with Crippen molar-refractivity contribution in [2.45, 2.75) is 51.6 Å². The molecule has 3 nitrogen and oxygen atoms in total. The fourth-order valence-corrected chi connectivity index (χ4v) is 2.18. The number of ether oxygens (including phenoxy) is 1. The zero-order valence-electron chi connectivity index (χ0n) is 13.5. The van der Waals surface area contributed by atoms with E-state index in [4.69, 9.17) is 4.74 Å². The quantitative estimate of drug-likeness (QED) is 0.579. The predicted molar refractivity (Wildman–Crippen MR) is 85.6 cm³/mol. The number of carboxylic acids is 1. The number of carboxylic acid groups (broad SMARTS) is 1. The van der Waals surface area contributed by atoms with Gasteiger partial charge in [0.2, 0.25) is 0 Å². The van der Waals surface area contributed by atoms with Gasteiger partial charge >= 0.3 is 5.97 Å². The lowest BCUT2D eigenvalue weighted by molar-refractivity contribution is -0.143. The summed E-state index contributed by atoms with van der Waals surface area (Å²) in [5, 5.41) is 9.63. The molecule has 1 unspecified atom stereocenters. The van der Waals surface area contributed by atoms with Crippen molar-refractivity contribution in [3.8, 4) is 0 Å². The molecule has 0 saturated carbocycles. The van der Waals surface area contributed by atoms with Gasteiger partial charge in [-0.15, -0.1) is 6.58 Å². The Kier molecular flexibility index (Phi) is 5.73. The summed E-state index contributed by atoms with van der Waals surface area (Å²) >= 11 is 0. The van der Waals surface area contributed by atoms with Gasteiger partial charge in [-0.05, 0) is 46.1 Å². The molecule has 1 aromatic carbocycles. The summed E-state index contributed by atoms with van der Waals surface area (Å²) in [5.41, 5.74) is 0.665. The van der Waals surface area contributed by atoms with Gasteiger partial charge in [0.05, 0.1) is 11.0 Å². The number of carbonyl (C=O) groups is 1. The molecule has 0 saturated heterocycles. The average Bonchev–Trinajstić information content (AvgIpc) is 2.43. The van der Waals surface area contributed by atoms with Gasteiger partial charge in [-0.1, -0.05) is 35.9 Å². The molecular formula is C18H26O3. The molecule has 21 heavy (non-hydrogen) atoms. The second kappa shape index (κ2) is 6.90. The van der Waals surface area contributed by atoms with E-state index in [0.29, 0.717) is 19.4 Å². The van der Waals surface area contributed by atoms with Crippen LogP contribution < -0.4 is 0 Å². The van der Waals surface area contributed by atoms with Crippen molar-refractivity contribution in [1.82, 2.24) is 0 Å². The molecule has 0 aliphatic carbocycles. The largest absolute Gasteiger partial charge is 0.481 e. The van der Waals surface area contributed by atoms with Crippen LogP contribution in [-0.2, 0) is 14.9 Å². The van der Waals surface area contributed by atoms with E-state index >= 15 is 0 Å². The van der Waals surface area contributed by atoms with E-state index in [9.17, 15) is 9.90 Å². The van der Waals surface area contributed by atoms with Gasteiger partial charge in [0, 0.05) is 6.61 Å². The van der Waals surface area contributed by atoms with Crippen LogP contribution >= 0.6 is 0 Å². The number of aliphatic carboxylic acids is 1. The Morgan fingerprint density at radius 1 is 1.38 bits per heavy atom. The number of benzene rings is 1. The van der Waals surface area contributed by atoms with Crippen molar-refractivity contribution in [2.24, 2.45) is 0 Å². The molecule has 1 atom stereocenters. The maximum atomic E-state index is 11.7. The van der Waals surface area contributed by atoms with E-state index in [2.05, 4.69) is 6.58 Å². The molecule has 1 rings (SSSR count). The Morgan fingerprint density at radius 2 is 2.05 bits per heavy atom. The van der Waals surface area contributed by atoms with Gasteiger partial charge in [0.25, 0.3) is 0 Å². The highest BCUT2D eigenvalue weighted by Gasteiger charge is 2.34. The Bertz CT molecular complexity index is 505. The lowest BCUT2D eigenvalue weighted by Crippen LogP contribution is -2.33. The Balaban J connectivity index is 2.74. The van der Waals surface area contributed by atoms with Gasteiger partial charge in [-0.3, -0.25) is 4.79 Å². The molecule has 0 aliphatic heterocycles. The van der Waals surface area contributed by atoms with E-state index in [0.717, 1.165) is 11.1 Å². The van der Waals surface area contributed by atoms with Crippen LogP contribution in [0.15, 0.2) is 36.9 Å². The molecule has 0 aliphatic rings. The van der Waals surface area contributed by atoms with Gasteiger partial charge in [0.1, 0.15) is 0 Å². The highest BCUT2D eigenvalue weighted by Crippen LogP contribution is 2.30. The SMILES string of the molecule is C=CC(C)(C)OCCCC(C)(C(=O)O)c1cccc(C)c1. The highest BCUT2D eigenvalue weighted by atomic mass is 16.5. The van der Waals surface area contributed by atoms with Crippen molar-refractivity contribution in [2.75, 3.05) is 6.61 Å². The molecule has 0 heterocycles. The lowest BCUT2D eigenvalue weighted by Gasteiger charge is -2.27. The maximum Gasteiger partial charge on any atom is 0.313 e. The summed E-state index contributed by atoms with van der Waals surface area (Å²) < 4.78 is 5.70. The first-order chi connectivity index (χ1) is 9.71. The number of hydrogen-bond acceptors (Lipinski definition) is 2. The topological polar surface area (TPSA) is 46.5 Å². The third-order valence-corrected chi connectivity index (χ3v) is 3.91. The standard InChI is InChI=1S/C18H26O3/c1-6-17(3,4)21-12-8-11-18(5,16(19)20)15-10-7-9-14(2)13-15/h6-7,9-10,13H,1,8,11-12H2,2-5H3,(H,19,20). The van der Waals surface area contributed by atoms with Crippen LogP contribution in [0.25, 0.3) is 0 Å². The first kappa shape index (κ1) is 17.4. The smallest absolute Gasteiger partial charge is 0.313 e. The van der Waals surface area contributed by atoms with Crippen molar-refractivity contribution in [3.63, 3.8) is 0 Å². The summed E-state index contributed by atoms with van der Waals surface area (Å²) in [4.78, 5) is 11.7. The normalized spacial score (nSPS) is 14.5. The van der Waals surface area contributed by atoms with Crippen LogP contribution in [0.4, 0.5) is 0 Å². The van der Waals surface area contributed by atoms with Crippen molar-refractivity contribution in [3.05, 3.63) is 48.0 Å². The van der Waals surface area contributed by atoms with Crippen LogP contribution in [0, 0.1) is 6.92 Å².